The number of carbonyl (C=O) groups is 2. The first-order chi connectivity index (χ1) is 11.1. The van der Waals surface area contributed by atoms with Crippen LogP contribution in [-0.4, -0.2) is 29.3 Å². The van der Waals surface area contributed by atoms with Crippen LogP contribution in [0.4, 0.5) is 5.69 Å². The first-order valence-electron chi connectivity index (χ1n) is 8.70. The molecule has 1 N–H and O–H groups in total. The average molecular weight is 316 g/mol. The number of hydrogen-bond acceptors (Lipinski definition) is 2. The number of rotatable bonds is 5. The second-order valence-corrected chi connectivity index (χ2v) is 6.47. The minimum atomic E-state index is -0.0285. The van der Waals surface area contributed by atoms with Crippen molar-refractivity contribution in [3.05, 3.63) is 29.8 Å². The third-order valence-electron chi connectivity index (χ3n) is 4.67. The molecule has 1 aliphatic rings. The molecule has 2 rings (SSSR count). The van der Waals surface area contributed by atoms with Crippen molar-refractivity contribution in [3.8, 4) is 0 Å². The fourth-order valence-electron chi connectivity index (χ4n) is 3.31. The van der Waals surface area contributed by atoms with Gasteiger partial charge in [0.25, 0.3) is 0 Å². The molecule has 0 spiro atoms. The van der Waals surface area contributed by atoms with Crippen molar-refractivity contribution in [1.82, 2.24) is 4.90 Å². The van der Waals surface area contributed by atoms with Crippen molar-refractivity contribution in [2.45, 2.75) is 64.8 Å². The Morgan fingerprint density at radius 2 is 1.78 bits per heavy atom. The molecule has 0 bridgehead atoms. The predicted octanol–water partition coefficient (Wildman–Crippen LogP) is 3.89. The van der Waals surface area contributed by atoms with Gasteiger partial charge in [0.1, 0.15) is 0 Å². The molecule has 1 saturated carbocycles. The lowest BCUT2D eigenvalue weighted by molar-refractivity contribution is -0.131. The molecular formula is C19H28N2O2. The molecule has 23 heavy (non-hydrogen) atoms. The van der Waals surface area contributed by atoms with Gasteiger partial charge in [-0.1, -0.05) is 43.9 Å². The highest BCUT2D eigenvalue weighted by Gasteiger charge is 2.22. The summed E-state index contributed by atoms with van der Waals surface area (Å²) in [5, 5.41) is 2.94. The Morgan fingerprint density at radius 3 is 2.39 bits per heavy atom. The van der Waals surface area contributed by atoms with Gasteiger partial charge < -0.3 is 10.2 Å². The maximum absolute atomic E-state index is 12.2. The van der Waals surface area contributed by atoms with E-state index in [0.717, 1.165) is 24.1 Å². The Kier molecular flexibility index (Phi) is 6.63. The molecule has 0 heterocycles. The molecule has 0 unspecified atom stereocenters. The molecule has 0 radical (unpaired) electrons. The molecule has 1 aliphatic carbocycles. The minimum Gasteiger partial charge on any atom is -0.339 e. The number of hydrogen-bond donors (Lipinski definition) is 1. The van der Waals surface area contributed by atoms with E-state index in [9.17, 15) is 9.59 Å². The number of nitrogens with zero attached hydrogens (tertiary/aromatic N) is 1. The van der Waals surface area contributed by atoms with Gasteiger partial charge in [-0.3, -0.25) is 9.59 Å². The molecule has 1 aromatic rings. The smallest absolute Gasteiger partial charge is 0.226 e. The zero-order valence-corrected chi connectivity index (χ0v) is 14.3. The van der Waals surface area contributed by atoms with Gasteiger partial charge in [-0.15, -0.1) is 0 Å². The van der Waals surface area contributed by atoms with Crippen molar-refractivity contribution in [2.75, 3.05) is 11.9 Å². The Hall–Kier alpha value is -1.84. The second kappa shape index (κ2) is 8.70. The van der Waals surface area contributed by atoms with Crippen LogP contribution in [0.1, 0.15) is 57.4 Å². The quantitative estimate of drug-likeness (QED) is 0.838. The molecule has 0 aromatic heterocycles. The lowest BCUT2D eigenvalue weighted by atomic mass is 10.1. The van der Waals surface area contributed by atoms with Gasteiger partial charge in [-0.25, -0.2) is 0 Å². The minimum absolute atomic E-state index is 0.0285. The van der Waals surface area contributed by atoms with E-state index in [1.165, 1.54) is 25.7 Å². The maximum atomic E-state index is 12.2. The number of nitrogens with one attached hydrogen (secondary N) is 1. The van der Waals surface area contributed by atoms with Crippen LogP contribution in [0.2, 0.25) is 0 Å². The average Bonchev–Trinajstić information content (AvgIpc) is 2.79. The van der Waals surface area contributed by atoms with E-state index in [-0.39, 0.29) is 11.8 Å². The van der Waals surface area contributed by atoms with Crippen LogP contribution >= 0.6 is 0 Å². The van der Waals surface area contributed by atoms with E-state index in [4.69, 9.17) is 0 Å². The lowest BCUT2D eigenvalue weighted by Gasteiger charge is -2.30. The lowest BCUT2D eigenvalue weighted by Crippen LogP contribution is -2.40. The van der Waals surface area contributed by atoms with E-state index in [1.54, 1.807) is 6.92 Å². The highest BCUT2D eigenvalue weighted by Crippen LogP contribution is 2.22. The summed E-state index contributed by atoms with van der Waals surface area (Å²) in [4.78, 5) is 26.1. The Labute approximate surface area is 139 Å². The third-order valence-corrected chi connectivity index (χ3v) is 4.67. The summed E-state index contributed by atoms with van der Waals surface area (Å²) < 4.78 is 0. The first kappa shape index (κ1) is 17.5. The molecule has 1 fully saturated rings. The zero-order chi connectivity index (χ0) is 16.7. The SMILES string of the molecule is CC(=O)N(CCC(=O)Nc1ccccc1C)C1CCCCCC1. The van der Waals surface area contributed by atoms with E-state index in [0.29, 0.717) is 19.0 Å². The maximum Gasteiger partial charge on any atom is 0.226 e. The highest BCUT2D eigenvalue weighted by molar-refractivity contribution is 5.91. The summed E-state index contributed by atoms with van der Waals surface area (Å²) in [5.41, 5.74) is 1.90. The van der Waals surface area contributed by atoms with Gasteiger partial charge >= 0.3 is 0 Å². The number of anilines is 1. The van der Waals surface area contributed by atoms with Crippen molar-refractivity contribution in [2.24, 2.45) is 0 Å². The topological polar surface area (TPSA) is 49.4 Å². The Bertz CT molecular complexity index is 534. The molecule has 126 valence electrons. The molecule has 4 nitrogen and oxygen atoms in total. The number of carbonyl (C=O) groups excluding carboxylic acids is 2. The van der Waals surface area contributed by atoms with Crippen molar-refractivity contribution in [3.63, 3.8) is 0 Å². The monoisotopic (exact) mass is 316 g/mol. The van der Waals surface area contributed by atoms with Crippen LogP contribution in [0.5, 0.6) is 0 Å². The van der Waals surface area contributed by atoms with Gasteiger partial charge in [0.15, 0.2) is 0 Å². The van der Waals surface area contributed by atoms with E-state index >= 15 is 0 Å². The summed E-state index contributed by atoms with van der Waals surface area (Å²) in [6.45, 7) is 4.10. The summed E-state index contributed by atoms with van der Waals surface area (Å²) in [6, 6.07) is 8.05. The normalized spacial score (nSPS) is 15.7. The van der Waals surface area contributed by atoms with Gasteiger partial charge in [-0.05, 0) is 31.4 Å². The fourth-order valence-corrected chi connectivity index (χ4v) is 3.31. The van der Waals surface area contributed by atoms with Crippen LogP contribution in [0, 0.1) is 6.92 Å². The number of aryl methyl sites for hydroxylation is 1. The van der Waals surface area contributed by atoms with Gasteiger partial charge in [0, 0.05) is 31.6 Å². The molecule has 0 atom stereocenters. The highest BCUT2D eigenvalue weighted by atomic mass is 16.2. The van der Waals surface area contributed by atoms with Crippen LogP contribution in [0.15, 0.2) is 24.3 Å². The predicted molar refractivity (Wildman–Crippen MR) is 93.3 cm³/mol. The van der Waals surface area contributed by atoms with Crippen molar-refractivity contribution < 1.29 is 9.59 Å². The van der Waals surface area contributed by atoms with Crippen LogP contribution in [0.25, 0.3) is 0 Å². The summed E-state index contributed by atoms with van der Waals surface area (Å²) in [5.74, 6) is 0.0553. The largest absolute Gasteiger partial charge is 0.339 e. The van der Waals surface area contributed by atoms with Gasteiger partial charge in [-0.2, -0.15) is 0 Å². The number of benzene rings is 1. The van der Waals surface area contributed by atoms with E-state index in [2.05, 4.69) is 5.32 Å². The standard InChI is InChI=1S/C19H28N2O2/c1-15-9-7-8-12-18(15)20-19(23)13-14-21(16(2)22)17-10-5-3-4-6-11-17/h7-9,12,17H,3-6,10-11,13-14H2,1-2H3,(H,20,23). The molecule has 0 aliphatic heterocycles. The molecule has 0 saturated heterocycles. The van der Waals surface area contributed by atoms with Crippen LogP contribution in [-0.2, 0) is 9.59 Å². The summed E-state index contributed by atoms with van der Waals surface area (Å²) in [6.07, 6.45) is 7.38. The summed E-state index contributed by atoms with van der Waals surface area (Å²) in [7, 11) is 0. The van der Waals surface area contributed by atoms with Crippen molar-refractivity contribution >= 4 is 17.5 Å². The van der Waals surface area contributed by atoms with E-state index in [1.807, 2.05) is 36.1 Å². The number of amides is 2. The molecule has 1 aromatic carbocycles. The fraction of sp³-hybridized carbons (Fsp3) is 0.579. The first-order valence-corrected chi connectivity index (χ1v) is 8.70. The van der Waals surface area contributed by atoms with Gasteiger partial charge in [0.05, 0.1) is 0 Å². The van der Waals surface area contributed by atoms with E-state index < -0.39 is 0 Å². The molecule has 4 heteroatoms. The van der Waals surface area contributed by atoms with Gasteiger partial charge in [0.2, 0.25) is 11.8 Å². The Balaban J connectivity index is 1.89. The molecule has 2 amide bonds. The van der Waals surface area contributed by atoms with Crippen LogP contribution < -0.4 is 5.32 Å². The molecular weight excluding hydrogens is 288 g/mol. The second-order valence-electron chi connectivity index (χ2n) is 6.47. The zero-order valence-electron chi connectivity index (χ0n) is 14.3. The van der Waals surface area contributed by atoms with Crippen LogP contribution in [0.3, 0.4) is 0 Å². The van der Waals surface area contributed by atoms with Crippen molar-refractivity contribution in [1.29, 1.82) is 0 Å². The number of para-hydroxylation sites is 1. The third kappa shape index (κ3) is 5.38. The Morgan fingerprint density at radius 1 is 1.13 bits per heavy atom. The summed E-state index contributed by atoms with van der Waals surface area (Å²) >= 11 is 0.